The number of rotatable bonds is 4. The zero-order valence-electron chi connectivity index (χ0n) is 17.3. The number of aromatic amines is 1. The Kier molecular flexibility index (Phi) is 4.86. The lowest BCUT2D eigenvalue weighted by Gasteiger charge is -2.45. The van der Waals surface area contributed by atoms with Crippen molar-refractivity contribution in [2.24, 2.45) is 23.7 Å². The first kappa shape index (κ1) is 19.1. The third kappa shape index (κ3) is 3.46. The van der Waals surface area contributed by atoms with Crippen molar-refractivity contribution < 1.29 is 14.3 Å². The van der Waals surface area contributed by atoms with Crippen molar-refractivity contribution in [2.75, 3.05) is 46.9 Å². The summed E-state index contributed by atoms with van der Waals surface area (Å²) in [4.78, 5) is 39.4. The van der Waals surface area contributed by atoms with E-state index < -0.39 is 0 Å². The summed E-state index contributed by atoms with van der Waals surface area (Å²) in [7, 11) is 4.24. The normalized spacial score (nSPS) is 36.1. The number of hydrogen-bond donors (Lipinski definition) is 1. The van der Waals surface area contributed by atoms with Gasteiger partial charge in [-0.1, -0.05) is 0 Å². The highest BCUT2D eigenvalue weighted by Crippen LogP contribution is 2.52. The van der Waals surface area contributed by atoms with Gasteiger partial charge in [0.15, 0.2) is 5.82 Å². The molecule has 0 spiro atoms. The summed E-state index contributed by atoms with van der Waals surface area (Å²) in [5.74, 6) is 2.70. The maximum atomic E-state index is 13.2. The summed E-state index contributed by atoms with van der Waals surface area (Å²) >= 11 is 0. The number of piperidine rings is 1. The first-order valence-corrected chi connectivity index (χ1v) is 10.9. The fraction of sp³-hybridized carbons (Fsp3) is 0.762. The van der Waals surface area contributed by atoms with Crippen LogP contribution in [0.15, 0.2) is 12.4 Å². The van der Waals surface area contributed by atoms with E-state index in [0.717, 1.165) is 38.4 Å². The molecule has 2 aliphatic carbocycles. The fourth-order valence-electron chi connectivity index (χ4n) is 5.88. The second-order valence-electron chi connectivity index (χ2n) is 9.42. The molecule has 0 aromatic carbocycles. The summed E-state index contributed by atoms with van der Waals surface area (Å²) < 4.78 is 5.95. The van der Waals surface area contributed by atoms with E-state index in [1.54, 1.807) is 12.4 Å². The maximum Gasteiger partial charge on any atom is 0.290 e. The number of nitrogens with zero attached hydrogens (tertiary/aromatic N) is 4. The number of amides is 2. The molecule has 5 rings (SSSR count). The molecule has 6 atom stereocenters. The standard InChI is InChI=1S/C21H31N5O3/c1-24(2)10-14-15-11-25(12-16(14)15)20(27)13-3-4-18-17(9-13)26(7-8-29-18)21(28)19-22-5-6-23-19/h5-6,13-18H,3-4,7-12H2,1-2H3,(H,22,23)/t13-,14?,15-,16+,17+,18+/m0/s1. The number of aromatic nitrogens is 2. The molecule has 158 valence electrons. The van der Waals surface area contributed by atoms with Gasteiger partial charge in [-0.25, -0.2) is 4.98 Å². The molecule has 0 bridgehead atoms. The first-order chi connectivity index (χ1) is 14.0. The molecule has 3 heterocycles. The monoisotopic (exact) mass is 401 g/mol. The Bertz CT molecular complexity index is 754. The number of morpholine rings is 1. The van der Waals surface area contributed by atoms with Crippen LogP contribution in [0.4, 0.5) is 0 Å². The lowest BCUT2D eigenvalue weighted by Crippen LogP contribution is -2.57. The van der Waals surface area contributed by atoms with E-state index in [9.17, 15) is 9.59 Å². The zero-order chi connectivity index (χ0) is 20.1. The van der Waals surface area contributed by atoms with Crippen LogP contribution >= 0.6 is 0 Å². The largest absolute Gasteiger partial charge is 0.374 e. The van der Waals surface area contributed by atoms with Crippen molar-refractivity contribution in [1.29, 1.82) is 0 Å². The predicted octanol–water partition coefficient (Wildman–Crippen LogP) is 0.685. The van der Waals surface area contributed by atoms with E-state index in [2.05, 4.69) is 33.9 Å². The average molecular weight is 402 g/mol. The summed E-state index contributed by atoms with van der Waals surface area (Å²) in [6.45, 7) is 4.07. The minimum Gasteiger partial charge on any atom is -0.374 e. The van der Waals surface area contributed by atoms with Gasteiger partial charge in [0.05, 0.1) is 18.8 Å². The Hall–Kier alpha value is -1.93. The Morgan fingerprint density at radius 3 is 2.76 bits per heavy atom. The SMILES string of the molecule is CN(C)CC1[C@H]2CN(C(=O)[C@H]3CC[C@H]4OCCN(C(=O)c5ncc[nH]5)[C@@H]4C3)C[C@@H]12. The summed E-state index contributed by atoms with van der Waals surface area (Å²) in [6.07, 6.45) is 5.69. The van der Waals surface area contributed by atoms with Crippen molar-refractivity contribution in [1.82, 2.24) is 24.7 Å². The van der Waals surface area contributed by atoms with Crippen LogP contribution in [-0.2, 0) is 9.53 Å². The lowest BCUT2D eigenvalue weighted by atomic mass is 9.81. The molecule has 4 aliphatic rings. The van der Waals surface area contributed by atoms with Crippen molar-refractivity contribution in [2.45, 2.75) is 31.4 Å². The Morgan fingerprint density at radius 1 is 1.28 bits per heavy atom. The second-order valence-corrected chi connectivity index (χ2v) is 9.42. The molecule has 1 aromatic heterocycles. The van der Waals surface area contributed by atoms with Gasteiger partial charge >= 0.3 is 0 Å². The van der Waals surface area contributed by atoms with Crippen molar-refractivity contribution in [3.8, 4) is 0 Å². The molecular formula is C21H31N5O3. The molecule has 1 unspecified atom stereocenters. The third-order valence-corrected chi connectivity index (χ3v) is 7.39. The number of H-pyrrole nitrogens is 1. The van der Waals surface area contributed by atoms with E-state index >= 15 is 0 Å². The van der Waals surface area contributed by atoms with Crippen molar-refractivity contribution in [3.05, 3.63) is 18.2 Å². The van der Waals surface area contributed by atoms with Gasteiger partial charge < -0.3 is 24.4 Å². The second kappa shape index (κ2) is 7.40. The topological polar surface area (TPSA) is 81.8 Å². The molecule has 1 N–H and O–H groups in total. The molecule has 1 aromatic rings. The van der Waals surface area contributed by atoms with Crippen LogP contribution in [0.25, 0.3) is 0 Å². The van der Waals surface area contributed by atoms with Crippen molar-refractivity contribution in [3.63, 3.8) is 0 Å². The van der Waals surface area contributed by atoms with E-state index in [0.29, 0.717) is 37.2 Å². The molecule has 4 fully saturated rings. The van der Waals surface area contributed by atoms with Gasteiger partial charge in [-0.2, -0.15) is 0 Å². The van der Waals surface area contributed by atoms with Gasteiger partial charge in [0.1, 0.15) is 0 Å². The minimum absolute atomic E-state index is 0.00495. The van der Waals surface area contributed by atoms with Crippen LogP contribution in [0.5, 0.6) is 0 Å². The van der Waals surface area contributed by atoms with Crippen LogP contribution in [0.3, 0.4) is 0 Å². The van der Waals surface area contributed by atoms with Crippen LogP contribution in [0, 0.1) is 23.7 Å². The van der Waals surface area contributed by atoms with Gasteiger partial charge in [-0.3, -0.25) is 9.59 Å². The molecular weight excluding hydrogens is 370 g/mol. The van der Waals surface area contributed by atoms with E-state index in [1.165, 1.54) is 0 Å². The number of ether oxygens (including phenoxy) is 1. The fourth-order valence-corrected chi connectivity index (χ4v) is 5.88. The van der Waals surface area contributed by atoms with Crippen LogP contribution in [-0.4, -0.2) is 95.5 Å². The van der Waals surface area contributed by atoms with Gasteiger partial charge in [-0.05, 0) is 51.1 Å². The zero-order valence-corrected chi connectivity index (χ0v) is 17.3. The number of likely N-dealkylation sites (tertiary alicyclic amines) is 1. The minimum atomic E-state index is -0.0876. The molecule has 0 radical (unpaired) electrons. The Morgan fingerprint density at radius 2 is 2.07 bits per heavy atom. The highest BCUT2D eigenvalue weighted by atomic mass is 16.5. The highest BCUT2D eigenvalue weighted by Gasteiger charge is 2.57. The molecule has 2 aliphatic heterocycles. The third-order valence-electron chi connectivity index (χ3n) is 7.39. The van der Waals surface area contributed by atoms with E-state index in [1.807, 2.05) is 4.90 Å². The number of imidazole rings is 1. The van der Waals surface area contributed by atoms with Crippen molar-refractivity contribution >= 4 is 11.8 Å². The van der Waals surface area contributed by atoms with Crippen LogP contribution in [0.1, 0.15) is 29.9 Å². The number of hydrogen-bond acceptors (Lipinski definition) is 5. The number of fused-ring (bicyclic) bond motifs is 2. The van der Waals surface area contributed by atoms with E-state index in [-0.39, 0.29) is 29.9 Å². The molecule has 2 saturated heterocycles. The lowest BCUT2D eigenvalue weighted by molar-refractivity contribution is -0.141. The van der Waals surface area contributed by atoms with Gasteiger partial charge in [0, 0.05) is 44.5 Å². The molecule has 8 nitrogen and oxygen atoms in total. The summed E-state index contributed by atoms with van der Waals surface area (Å²) in [6, 6.07) is -0.0392. The number of carbonyl (C=O) groups excluding carboxylic acids is 2. The van der Waals surface area contributed by atoms with Gasteiger partial charge in [0.2, 0.25) is 5.91 Å². The summed E-state index contributed by atoms with van der Waals surface area (Å²) in [5.41, 5.74) is 0. The molecule has 2 amide bonds. The molecule has 2 saturated carbocycles. The summed E-state index contributed by atoms with van der Waals surface area (Å²) in [5, 5.41) is 0. The molecule has 29 heavy (non-hydrogen) atoms. The Balaban J connectivity index is 1.22. The highest BCUT2D eigenvalue weighted by molar-refractivity contribution is 5.91. The first-order valence-electron chi connectivity index (χ1n) is 10.9. The number of nitrogens with one attached hydrogen (secondary N) is 1. The van der Waals surface area contributed by atoms with Crippen LogP contribution in [0.2, 0.25) is 0 Å². The smallest absolute Gasteiger partial charge is 0.290 e. The number of carbonyl (C=O) groups is 2. The maximum absolute atomic E-state index is 13.2. The Labute approximate surface area is 171 Å². The average Bonchev–Trinajstić information content (AvgIpc) is 3.17. The quantitative estimate of drug-likeness (QED) is 0.803. The van der Waals surface area contributed by atoms with Gasteiger partial charge in [-0.15, -0.1) is 0 Å². The van der Waals surface area contributed by atoms with Crippen LogP contribution < -0.4 is 0 Å². The van der Waals surface area contributed by atoms with E-state index in [4.69, 9.17) is 4.74 Å². The van der Waals surface area contributed by atoms with Gasteiger partial charge in [0.25, 0.3) is 5.91 Å². The molecule has 8 heteroatoms. The predicted molar refractivity (Wildman–Crippen MR) is 106 cm³/mol.